The van der Waals surface area contributed by atoms with Gasteiger partial charge in [0, 0.05) is 6.04 Å². The molecule has 2 nitrogen and oxygen atoms in total. The van der Waals surface area contributed by atoms with Gasteiger partial charge in [0.05, 0.1) is 0 Å². The van der Waals surface area contributed by atoms with E-state index in [2.05, 4.69) is 29.9 Å². The molecule has 0 spiro atoms. The van der Waals surface area contributed by atoms with Gasteiger partial charge in [0.25, 0.3) is 0 Å². The molecule has 112 valence electrons. The van der Waals surface area contributed by atoms with Crippen molar-refractivity contribution < 1.29 is 13.5 Å². The highest BCUT2D eigenvalue weighted by Gasteiger charge is 2.10. The molecule has 0 saturated carbocycles. The molecule has 0 aliphatic heterocycles. The Morgan fingerprint density at radius 1 is 1.05 bits per heavy atom. The molecule has 0 fully saturated rings. The predicted molar refractivity (Wildman–Crippen MR) is 79.6 cm³/mol. The summed E-state index contributed by atoms with van der Waals surface area (Å²) in [5, 5.41) is 0. The Hall–Kier alpha value is -1.94. The van der Waals surface area contributed by atoms with Gasteiger partial charge >= 0.3 is 6.61 Å². The van der Waals surface area contributed by atoms with Crippen LogP contribution < -0.4 is 10.5 Å². The lowest BCUT2D eigenvalue weighted by atomic mass is 9.95. The van der Waals surface area contributed by atoms with Gasteiger partial charge in [-0.3, -0.25) is 0 Å². The second kappa shape index (κ2) is 6.68. The first kappa shape index (κ1) is 15.4. The van der Waals surface area contributed by atoms with E-state index in [9.17, 15) is 8.78 Å². The molecule has 21 heavy (non-hydrogen) atoms. The Morgan fingerprint density at radius 3 is 2.33 bits per heavy atom. The van der Waals surface area contributed by atoms with Crippen LogP contribution in [0, 0.1) is 13.8 Å². The van der Waals surface area contributed by atoms with Gasteiger partial charge in [-0.1, -0.05) is 35.9 Å². The van der Waals surface area contributed by atoms with E-state index in [0.29, 0.717) is 6.42 Å². The molecule has 2 N–H and O–H groups in total. The fraction of sp³-hybridized carbons (Fsp3) is 0.294. The molecule has 0 amide bonds. The quantitative estimate of drug-likeness (QED) is 0.898. The van der Waals surface area contributed by atoms with Crippen LogP contribution in [-0.2, 0) is 6.42 Å². The van der Waals surface area contributed by atoms with Crippen molar-refractivity contribution in [1.29, 1.82) is 0 Å². The number of ether oxygens (including phenoxy) is 1. The lowest BCUT2D eigenvalue weighted by Crippen LogP contribution is -2.14. The third-order valence-electron chi connectivity index (χ3n) is 3.48. The molecule has 0 aliphatic carbocycles. The van der Waals surface area contributed by atoms with Crippen molar-refractivity contribution in [2.24, 2.45) is 5.73 Å². The summed E-state index contributed by atoms with van der Waals surface area (Å²) < 4.78 is 28.5. The highest BCUT2D eigenvalue weighted by atomic mass is 19.3. The number of rotatable bonds is 5. The zero-order valence-electron chi connectivity index (χ0n) is 12.1. The van der Waals surface area contributed by atoms with E-state index in [-0.39, 0.29) is 11.8 Å². The first-order chi connectivity index (χ1) is 9.95. The van der Waals surface area contributed by atoms with E-state index >= 15 is 0 Å². The van der Waals surface area contributed by atoms with Crippen LogP contribution in [0.25, 0.3) is 0 Å². The minimum atomic E-state index is -2.81. The number of hydrogen-bond acceptors (Lipinski definition) is 2. The predicted octanol–water partition coefficient (Wildman–Crippen LogP) is 4.15. The summed E-state index contributed by atoms with van der Waals surface area (Å²) in [6.07, 6.45) is 0.711. The van der Waals surface area contributed by atoms with Crippen LogP contribution in [-0.4, -0.2) is 6.61 Å². The van der Waals surface area contributed by atoms with Gasteiger partial charge in [-0.15, -0.1) is 0 Å². The van der Waals surface area contributed by atoms with Crippen molar-refractivity contribution in [2.75, 3.05) is 0 Å². The number of hydrogen-bond donors (Lipinski definition) is 1. The Kier molecular flexibility index (Phi) is 4.91. The van der Waals surface area contributed by atoms with Gasteiger partial charge in [-0.05, 0) is 49.1 Å². The maximum Gasteiger partial charge on any atom is 0.387 e. The number of nitrogens with two attached hydrogens (primary N) is 1. The maximum atomic E-state index is 12.1. The SMILES string of the molecule is Cc1ccc(C)c(CC(N)c2ccc(OC(F)F)cc2)c1. The van der Waals surface area contributed by atoms with Crippen molar-refractivity contribution >= 4 is 0 Å². The Balaban J connectivity index is 2.09. The molecular formula is C17H19F2NO. The molecule has 1 atom stereocenters. The van der Waals surface area contributed by atoms with E-state index in [1.165, 1.54) is 28.8 Å². The third-order valence-corrected chi connectivity index (χ3v) is 3.48. The van der Waals surface area contributed by atoms with Crippen LogP contribution in [0.15, 0.2) is 42.5 Å². The topological polar surface area (TPSA) is 35.2 Å². The molecule has 1 unspecified atom stereocenters. The molecule has 0 aromatic heterocycles. The summed E-state index contributed by atoms with van der Waals surface area (Å²) in [5.74, 6) is 0.146. The average molecular weight is 291 g/mol. The molecule has 2 aromatic rings. The van der Waals surface area contributed by atoms with Crippen molar-refractivity contribution in [3.05, 3.63) is 64.7 Å². The Labute approximate surface area is 123 Å². The number of aryl methyl sites for hydroxylation is 2. The van der Waals surface area contributed by atoms with Gasteiger partial charge in [-0.25, -0.2) is 0 Å². The first-order valence-electron chi connectivity index (χ1n) is 6.82. The summed E-state index contributed by atoms with van der Waals surface area (Å²) in [7, 11) is 0. The van der Waals surface area contributed by atoms with E-state index in [1.807, 2.05) is 6.92 Å². The Bertz CT molecular complexity index is 596. The van der Waals surface area contributed by atoms with Crippen LogP contribution in [0.1, 0.15) is 28.3 Å². The number of benzene rings is 2. The van der Waals surface area contributed by atoms with Gasteiger partial charge < -0.3 is 10.5 Å². The summed E-state index contributed by atoms with van der Waals surface area (Å²) >= 11 is 0. The number of halogens is 2. The molecule has 0 radical (unpaired) electrons. The lowest BCUT2D eigenvalue weighted by Gasteiger charge is -2.15. The van der Waals surface area contributed by atoms with Crippen molar-refractivity contribution in [3.63, 3.8) is 0 Å². The molecule has 0 heterocycles. The molecule has 0 bridgehead atoms. The van der Waals surface area contributed by atoms with E-state index in [0.717, 1.165) is 5.56 Å². The van der Waals surface area contributed by atoms with Crippen molar-refractivity contribution in [3.8, 4) is 5.75 Å². The normalized spacial score (nSPS) is 12.5. The summed E-state index contributed by atoms with van der Waals surface area (Å²) in [4.78, 5) is 0. The molecule has 4 heteroatoms. The maximum absolute atomic E-state index is 12.1. The minimum Gasteiger partial charge on any atom is -0.435 e. The zero-order chi connectivity index (χ0) is 15.4. The van der Waals surface area contributed by atoms with Gasteiger partial charge in [0.1, 0.15) is 5.75 Å². The second-order valence-corrected chi connectivity index (χ2v) is 5.19. The van der Waals surface area contributed by atoms with Crippen LogP contribution in [0.3, 0.4) is 0 Å². The van der Waals surface area contributed by atoms with Crippen LogP contribution in [0.4, 0.5) is 8.78 Å². The van der Waals surface area contributed by atoms with Gasteiger partial charge in [-0.2, -0.15) is 8.78 Å². The van der Waals surface area contributed by atoms with Crippen LogP contribution >= 0.6 is 0 Å². The van der Waals surface area contributed by atoms with E-state index < -0.39 is 6.61 Å². The first-order valence-corrected chi connectivity index (χ1v) is 6.82. The Morgan fingerprint density at radius 2 is 1.71 bits per heavy atom. The van der Waals surface area contributed by atoms with Crippen LogP contribution in [0.5, 0.6) is 5.75 Å². The molecule has 2 rings (SSSR count). The largest absolute Gasteiger partial charge is 0.435 e. The van der Waals surface area contributed by atoms with Crippen molar-refractivity contribution in [1.82, 2.24) is 0 Å². The monoisotopic (exact) mass is 291 g/mol. The molecule has 0 saturated heterocycles. The standard InChI is InChI=1S/C17H19F2NO/c1-11-3-4-12(2)14(9-11)10-16(20)13-5-7-15(8-6-13)21-17(18)19/h3-9,16-17H,10,20H2,1-2H3. The molecule has 2 aromatic carbocycles. The summed E-state index contributed by atoms with van der Waals surface area (Å²) in [5.41, 5.74) is 10.7. The smallest absolute Gasteiger partial charge is 0.387 e. The highest BCUT2D eigenvalue weighted by Crippen LogP contribution is 2.22. The minimum absolute atomic E-state index is 0.146. The van der Waals surface area contributed by atoms with E-state index in [1.54, 1.807) is 12.1 Å². The van der Waals surface area contributed by atoms with Gasteiger partial charge in [0.15, 0.2) is 0 Å². The summed E-state index contributed by atoms with van der Waals surface area (Å²) in [6.45, 7) is 1.30. The number of alkyl halides is 2. The third kappa shape index (κ3) is 4.26. The fourth-order valence-electron chi connectivity index (χ4n) is 2.27. The van der Waals surface area contributed by atoms with Crippen molar-refractivity contribution in [2.45, 2.75) is 32.9 Å². The van der Waals surface area contributed by atoms with E-state index in [4.69, 9.17) is 5.73 Å². The second-order valence-electron chi connectivity index (χ2n) is 5.19. The zero-order valence-corrected chi connectivity index (χ0v) is 12.1. The average Bonchev–Trinajstić information content (AvgIpc) is 2.43. The molecule has 0 aliphatic rings. The summed E-state index contributed by atoms with van der Waals surface area (Å²) in [6, 6.07) is 12.6. The highest BCUT2D eigenvalue weighted by molar-refractivity contribution is 5.34. The fourth-order valence-corrected chi connectivity index (χ4v) is 2.27. The van der Waals surface area contributed by atoms with Gasteiger partial charge in [0.2, 0.25) is 0 Å². The van der Waals surface area contributed by atoms with Crippen LogP contribution in [0.2, 0.25) is 0 Å². The lowest BCUT2D eigenvalue weighted by molar-refractivity contribution is -0.0498. The molecular weight excluding hydrogens is 272 g/mol.